The number of benzene rings is 3. The van der Waals surface area contributed by atoms with E-state index in [0.29, 0.717) is 58.8 Å². The summed E-state index contributed by atoms with van der Waals surface area (Å²) in [7, 11) is 1.85. The molecule has 0 radical (unpaired) electrons. The molecule has 4 heterocycles. The summed E-state index contributed by atoms with van der Waals surface area (Å²) >= 11 is 7.05. The van der Waals surface area contributed by atoms with E-state index in [0.717, 1.165) is 80.6 Å². The molecule has 2 aromatic heterocycles. The number of carbonyl (C=O) groups is 3. The number of rotatable bonds is 13. The number of anilines is 1. The SMILES string of the molecule is Cc1c(-c2nc3cc(CN4CCC[C@H]4C(=O)O)c(OC(F)F)cc3o2)cccc1-c1cccc(NC(=O)c2nc3c(n2C)CCN(CCC24CCC(C(=O)O)(CC2)C4)C3)c1Cl. The lowest BCUT2D eigenvalue weighted by Crippen LogP contribution is -2.35. The number of amides is 1. The lowest BCUT2D eigenvalue weighted by Gasteiger charge is -2.32. The minimum Gasteiger partial charge on any atom is -0.481 e. The molecule has 13 nitrogen and oxygen atoms in total. The quantitative estimate of drug-likeness (QED) is 0.104. The highest BCUT2D eigenvalue weighted by Crippen LogP contribution is 2.63. The molecule has 2 bridgehead atoms. The minimum absolute atomic E-state index is 0.0951. The van der Waals surface area contributed by atoms with Crippen LogP contribution in [-0.2, 0) is 36.1 Å². The summed E-state index contributed by atoms with van der Waals surface area (Å²) in [4.78, 5) is 51.2. The molecule has 3 fully saturated rings. The van der Waals surface area contributed by atoms with E-state index in [1.807, 2.05) is 42.8 Å². The molecule has 1 saturated heterocycles. The third kappa shape index (κ3) is 7.54. The third-order valence-electron chi connectivity index (χ3n) is 13.8. The molecule has 61 heavy (non-hydrogen) atoms. The van der Waals surface area contributed by atoms with Crippen molar-refractivity contribution in [2.45, 2.75) is 90.5 Å². The zero-order chi connectivity index (χ0) is 42.8. The number of halogens is 3. The average Bonchev–Trinajstić information content (AvgIpc) is 4.07. The van der Waals surface area contributed by atoms with Crippen molar-refractivity contribution in [1.82, 2.24) is 24.3 Å². The Bertz CT molecular complexity index is 2570. The van der Waals surface area contributed by atoms with Gasteiger partial charge in [-0.3, -0.25) is 24.2 Å². The average molecular weight is 857 g/mol. The van der Waals surface area contributed by atoms with Crippen LogP contribution < -0.4 is 10.1 Å². The van der Waals surface area contributed by atoms with E-state index in [4.69, 9.17) is 30.7 Å². The van der Waals surface area contributed by atoms with Gasteiger partial charge in [0.2, 0.25) is 5.89 Å². The van der Waals surface area contributed by atoms with Gasteiger partial charge in [0.1, 0.15) is 17.3 Å². The van der Waals surface area contributed by atoms with Crippen LogP contribution in [-0.4, -0.2) is 84.7 Å². The first kappa shape index (κ1) is 41.0. The van der Waals surface area contributed by atoms with Gasteiger partial charge in [-0.15, -0.1) is 0 Å². The van der Waals surface area contributed by atoms with Crippen LogP contribution in [0.15, 0.2) is 52.9 Å². The summed E-state index contributed by atoms with van der Waals surface area (Å²) in [5.74, 6) is -1.57. The van der Waals surface area contributed by atoms with Crippen LogP contribution in [0.1, 0.15) is 84.5 Å². The summed E-state index contributed by atoms with van der Waals surface area (Å²) in [6, 6.07) is 13.2. The van der Waals surface area contributed by atoms with Crippen molar-refractivity contribution in [2.75, 3.05) is 25.0 Å². The van der Waals surface area contributed by atoms with E-state index in [1.54, 1.807) is 23.1 Å². The van der Waals surface area contributed by atoms with E-state index in [1.165, 1.54) is 6.07 Å². The largest absolute Gasteiger partial charge is 0.481 e. The molecule has 9 rings (SSSR count). The van der Waals surface area contributed by atoms with Crippen LogP contribution in [0.4, 0.5) is 14.5 Å². The van der Waals surface area contributed by atoms with Crippen molar-refractivity contribution in [3.63, 3.8) is 0 Å². The number of fused-ring (bicyclic) bond motifs is 4. The summed E-state index contributed by atoms with van der Waals surface area (Å²) in [5.41, 5.74) is 5.71. The second-order valence-electron chi connectivity index (χ2n) is 17.3. The van der Waals surface area contributed by atoms with Gasteiger partial charge in [0.05, 0.1) is 21.8 Å². The van der Waals surface area contributed by atoms with E-state index in [9.17, 15) is 33.4 Å². The Morgan fingerprint density at radius 3 is 2.52 bits per heavy atom. The predicted octanol–water partition coefficient (Wildman–Crippen LogP) is 8.54. The summed E-state index contributed by atoms with van der Waals surface area (Å²) in [6.07, 6.45) is 7.16. The van der Waals surface area contributed by atoms with Gasteiger partial charge in [0.25, 0.3) is 5.91 Å². The number of aromatic nitrogens is 3. The molecule has 0 unspecified atom stereocenters. The fraction of sp³-hybridized carbons (Fsp3) is 0.444. The third-order valence-corrected chi connectivity index (χ3v) is 14.2. The molecule has 4 aliphatic rings. The van der Waals surface area contributed by atoms with Gasteiger partial charge >= 0.3 is 18.6 Å². The number of carboxylic acids is 2. The normalized spacial score (nSPS) is 22.6. The molecule has 2 aliphatic heterocycles. The second kappa shape index (κ2) is 15.8. The Balaban J connectivity index is 0.919. The number of hydrogen-bond acceptors (Lipinski definition) is 9. The van der Waals surface area contributed by atoms with Gasteiger partial charge in [0, 0.05) is 61.6 Å². The van der Waals surface area contributed by atoms with Crippen molar-refractivity contribution in [2.24, 2.45) is 17.9 Å². The number of imidazole rings is 1. The van der Waals surface area contributed by atoms with Crippen molar-refractivity contribution in [3.8, 4) is 28.3 Å². The Morgan fingerprint density at radius 1 is 1.03 bits per heavy atom. The van der Waals surface area contributed by atoms with E-state index >= 15 is 0 Å². The molecule has 1 atom stereocenters. The zero-order valence-electron chi connectivity index (χ0n) is 34.0. The summed E-state index contributed by atoms with van der Waals surface area (Å²) in [6.45, 7) is 1.74. The molecule has 5 aromatic rings. The molecular formula is C45H47ClF2N6O7. The number of alkyl halides is 2. The van der Waals surface area contributed by atoms with E-state index in [2.05, 4.69) is 10.2 Å². The molecule has 0 spiro atoms. The fourth-order valence-electron chi connectivity index (χ4n) is 10.5. The number of ether oxygens (including phenoxy) is 1. The minimum atomic E-state index is -3.10. The lowest BCUT2D eigenvalue weighted by atomic mass is 9.80. The van der Waals surface area contributed by atoms with Gasteiger partial charge < -0.3 is 29.3 Å². The number of likely N-dealkylation sites (tertiary alicyclic amines) is 1. The smallest absolute Gasteiger partial charge is 0.387 e. The summed E-state index contributed by atoms with van der Waals surface area (Å²) < 4.78 is 39.9. The first-order valence-corrected chi connectivity index (χ1v) is 21.2. The molecule has 1 amide bonds. The number of carboxylic acid groups (broad SMARTS) is 2. The second-order valence-corrected chi connectivity index (χ2v) is 17.7. The van der Waals surface area contributed by atoms with Crippen molar-refractivity contribution in [3.05, 3.63) is 81.9 Å². The van der Waals surface area contributed by atoms with Crippen LogP contribution in [0.2, 0.25) is 5.02 Å². The molecular weight excluding hydrogens is 810 g/mol. The van der Waals surface area contributed by atoms with E-state index in [-0.39, 0.29) is 35.0 Å². The summed E-state index contributed by atoms with van der Waals surface area (Å²) in [5, 5.41) is 22.8. The first-order valence-electron chi connectivity index (χ1n) is 20.8. The van der Waals surface area contributed by atoms with Crippen LogP contribution in [0.3, 0.4) is 0 Å². The Morgan fingerprint density at radius 2 is 1.79 bits per heavy atom. The van der Waals surface area contributed by atoms with Crippen molar-refractivity contribution >= 4 is 46.2 Å². The molecule has 2 saturated carbocycles. The number of nitrogens with one attached hydrogen (secondary N) is 1. The Labute approximate surface area is 355 Å². The number of hydrogen-bond donors (Lipinski definition) is 3. The highest BCUT2D eigenvalue weighted by atomic mass is 35.5. The molecule has 2 aliphatic carbocycles. The Hall–Kier alpha value is -5.38. The van der Waals surface area contributed by atoms with Crippen molar-refractivity contribution in [1.29, 1.82) is 0 Å². The topological polar surface area (TPSA) is 163 Å². The van der Waals surface area contributed by atoms with Crippen LogP contribution in [0.5, 0.6) is 5.75 Å². The fourth-order valence-corrected chi connectivity index (χ4v) is 10.7. The number of carbonyl (C=O) groups excluding carboxylic acids is 1. The maximum Gasteiger partial charge on any atom is 0.387 e. The van der Waals surface area contributed by atoms with Gasteiger partial charge in [-0.25, -0.2) is 9.97 Å². The van der Waals surface area contributed by atoms with Crippen LogP contribution >= 0.6 is 11.6 Å². The standard InChI is InChI=1S/C45H47ClF2N6O7/c1-25-27(6-3-7-28(25)40-51-31-20-26(22-54-17-5-10-34(54)41(56)57)35(61-43(47)48)21-36(31)60-40)29-8-4-9-30(37(29)46)50-39(55)38-49-32-23-53(18-11-33(32)52(38)2)19-16-44-12-14-45(24-44,15-13-44)42(58)59/h3-4,6-9,20-21,34,43H,5,10-19,22-24H2,1-2H3,(H,50,55)(H,56,57)(H,58,59)/t34-,44?,45?/m0/s1. The number of oxazole rings is 1. The predicted molar refractivity (Wildman–Crippen MR) is 223 cm³/mol. The first-order chi connectivity index (χ1) is 29.2. The van der Waals surface area contributed by atoms with Gasteiger partial charge in [-0.05, 0) is 106 Å². The number of nitrogens with zero attached hydrogens (tertiary/aromatic N) is 5. The maximum atomic E-state index is 13.8. The molecule has 16 heteroatoms. The highest BCUT2D eigenvalue weighted by Gasteiger charge is 2.57. The van der Waals surface area contributed by atoms with Gasteiger partial charge in [0.15, 0.2) is 11.4 Å². The van der Waals surface area contributed by atoms with Gasteiger partial charge in [-0.1, -0.05) is 35.9 Å². The Kier molecular flexibility index (Phi) is 10.6. The van der Waals surface area contributed by atoms with Crippen molar-refractivity contribution < 1.29 is 42.5 Å². The molecule has 3 N–H and O–H groups in total. The molecule has 3 aromatic carbocycles. The van der Waals surface area contributed by atoms with Crippen LogP contribution in [0.25, 0.3) is 33.7 Å². The molecule has 320 valence electrons. The maximum absolute atomic E-state index is 13.8. The number of aliphatic carboxylic acids is 2. The highest BCUT2D eigenvalue weighted by molar-refractivity contribution is 6.36. The van der Waals surface area contributed by atoms with Crippen LogP contribution in [0, 0.1) is 17.8 Å². The lowest BCUT2D eigenvalue weighted by molar-refractivity contribution is -0.148. The van der Waals surface area contributed by atoms with Gasteiger partial charge in [-0.2, -0.15) is 8.78 Å². The zero-order valence-corrected chi connectivity index (χ0v) is 34.7. The van der Waals surface area contributed by atoms with E-state index < -0.39 is 35.9 Å². The monoisotopic (exact) mass is 856 g/mol.